The topological polar surface area (TPSA) is 111 Å². The number of nitrogens with one attached hydrogen (secondary N) is 2. The second kappa shape index (κ2) is 10.0. The van der Waals surface area contributed by atoms with Crippen LogP contribution in [0.1, 0.15) is 31.1 Å². The van der Waals surface area contributed by atoms with Crippen LogP contribution in [-0.4, -0.2) is 30.8 Å². The minimum absolute atomic E-state index is 0.0475. The first-order valence-electron chi connectivity index (χ1n) is 9.43. The summed E-state index contributed by atoms with van der Waals surface area (Å²) in [5.41, 5.74) is 5.94. The number of carbonyl (C=O) groups excluding carboxylic acids is 3. The van der Waals surface area contributed by atoms with Crippen LogP contribution >= 0.6 is 0 Å². The first-order chi connectivity index (χ1) is 14.9. The number of nitrogens with two attached hydrogens (primary N) is 1. The van der Waals surface area contributed by atoms with Crippen molar-refractivity contribution in [1.29, 1.82) is 0 Å². The number of amides is 3. The number of ether oxygens (including phenoxy) is 1. The molecular weight excluding hydrogens is 401 g/mol. The van der Waals surface area contributed by atoms with Crippen LogP contribution < -0.4 is 21.1 Å². The van der Waals surface area contributed by atoms with Gasteiger partial charge in [0.25, 0.3) is 11.8 Å². The fourth-order valence-electron chi connectivity index (χ4n) is 2.69. The Morgan fingerprint density at radius 1 is 0.742 bits per heavy atom. The maximum Gasteiger partial charge on any atom is 0.254 e. The molecule has 0 aliphatic carbocycles. The Balaban J connectivity index is 1.46. The zero-order chi connectivity index (χ0) is 22.2. The van der Waals surface area contributed by atoms with E-state index in [-0.39, 0.29) is 24.6 Å². The predicted molar refractivity (Wildman–Crippen MR) is 113 cm³/mol. The van der Waals surface area contributed by atoms with Gasteiger partial charge in [0.05, 0.1) is 5.56 Å². The third kappa shape index (κ3) is 5.89. The molecular formula is C23H20FN3O4. The van der Waals surface area contributed by atoms with E-state index < -0.39 is 17.6 Å². The molecule has 3 aromatic carbocycles. The maximum absolute atomic E-state index is 13.6. The Labute approximate surface area is 178 Å². The molecule has 7 nitrogen and oxygen atoms in total. The molecule has 0 saturated carbocycles. The standard InChI is InChI=1S/C23H20FN3O4/c24-20-4-2-1-3-19(20)23(30)27-14-13-26-22(29)16-7-11-18(12-8-16)31-17-9-5-15(6-10-17)21(25)28/h1-12H,13-14H2,(H2,25,28)(H,26,29)(H,27,30). The molecule has 4 N–H and O–H groups in total. The summed E-state index contributed by atoms with van der Waals surface area (Å²) in [5.74, 6) is -0.951. The molecule has 31 heavy (non-hydrogen) atoms. The first-order valence-corrected chi connectivity index (χ1v) is 9.43. The van der Waals surface area contributed by atoms with E-state index in [1.54, 1.807) is 54.6 Å². The normalized spacial score (nSPS) is 10.2. The van der Waals surface area contributed by atoms with Crippen molar-refractivity contribution in [3.63, 3.8) is 0 Å². The fourth-order valence-corrected chi connectivity index (χ4v) is 2.69. The van der Waals surface area contributed by atoms with Gasteiger partial charge in [0.15, 0.2) is 0 Å². The summed E-state index contributed by atoms with van der Waals surface area (Å²) in [4.78, 5) is 35.2. The van der Waals surface area contributed by atoms with E-state index in [9.17, 15) is 18.8 Å². The van der Waals surface area contributed by atoms with E-state index in [1.165, 1.54) is 18.2 Å². The molecule has 3 aromatic rings. The molecule has 0 radical (unpaired) electrons. The molecule has 0 aromatic heterocycles. The average molecular weight is 421 g/mol. The van der Waals surface area contributed by atoms with Crippen molar-refractivity contribution >= 4 is 17.7 Å². The summed E-state index contributed by atoms with van der Waals surface area (Å²) in [6, 6.07) is 18.5. The lowest BCUT2D eigenvalue weighted by molar-refractivity contribution is 0.0925. The Hall–Kier alpha value is -4.20. The highest BCUT2D eigenvalue weighted by Crippen LogP contribution is 2.22. The van der Waals surface area contributed by atoms with Crippen LogP contribution in [-0.2, 0) is 0 Å². The lowest BCUT2D eigenvalue weighted by Gasteiger charge is -2.09. The van der Waals surface area contributed by atoms with Crippen molar-refractivity contribution in [2.45, 2.75) is 0 Å². The van der Waals surface area contributed by atoms with Gasteiger partial charge < -0.3 is 21.1 Å². The highest BCUT2D eigenvalue weighted by atomic mass is 19.1. The molecule has 0 atom stereocenters. The van der Waals surface area contributed by atoms with E-state index >= 15 is 0 Å². The molecule has 0 unspecified atom stereocenters. The lowest BCUT2D eigenvalue weighted by Crippen LogP contribution is -2.35. The van der Waals surface area contributed by atoms with E-state index in [4.69, 9.17) is 10.5 Å². The number of rotatable bonds is 8. The van der Waals surface area contributed by atoms with Crippen LogP contribution in [0.4, 0.5) is 4.39 Å². The Bertz CT molecular complexity index is 1080. The predicted octanol–water partition coefficient (Wildman–Crippen LogP) is 2.88. The van der Waals surface area contributed by atoms with Crippen LogP contribution in [0.3, 0.4) is 0 Å². The summed E-state index contributed by atoms with van der Waals surface area (Å²) in [6.07, 6.45) is 0. The third-order valence-electron chi connectivity index (χ3n) is 4.31. The van der Waals surface area contributed by atoms with Gasteiger partial charge >= 0.3 is 0 Å². The van der Waals surface area contributed by atoms with Crippen LogP contribution in [0, 0.1) is 5.82 Å². The van der Waals surface area contributed by atoms with Crippen molar-refractivity contribution in [2.24, 2.45) is 5.73 Å². The minimum atomic E-state index is -0.602. The van der Waals surface area contributed by atoms with Gasteiger partial charge in [0, 0.05) is 24.2 Å². The smallest absolute Gasteiger partial charge is 0.254 e. The largest absolute Gasteiger partial charge is 0.457 e. The van der Waals surface area contributed by atoms with Crippen molar-refractivity contribution < 1.29 is 23.5 Å². The van der Waals surface area contributed by atoms with Gasteiger partial charge in [-0.05, 0) is 60.7 Å². The summed E-state index contributed by atoms with van der Waals surface area (Å²) in [5, 5.41) is 5.23. The van der Waals surface area contributed by atoms with Crippen LogP contribution in [0.2, 0.25) is 0 Å². The lowest BCUT2D eigenvalue weighted by atomic mass is 10.2. The molecule has 0 aliphatic rings. The monoisotopic (exact) mass is 421 g/mol. The first kappa shape index (κ1) is 21.5. The molecule has 8 heteroatoms. The highest BCUT2D eigenvalue weighted by Gasteiger charge is 2.10. The number of hydrogen-bond acceptors (Lipinski definition) is 4. The minimum Gasteiger partial charge on any atom is -0.457 e. The molecule has 0 bridgehead atoms. The molecule has 0 saturated heterocycles. The van der Waals surface area contributed by atoms with Gasteiger partial charge in [0.2, 0.25) is 5.91 Å². The van der Waals surface area contributed by atoms with Gasteiger partial charge in [-0.3, -0.25) is 14.4 Å². The number of benzene rings is 3. The summed E-state index contributed by atoms with van der Waals surface area (Å²) < 4.78 is 19.2. The second-order valence-electron chi connectivity index (χ2n) is 6.51. The molecule has 3 amide bonds. The second-order valence-corrected chi connectivity index (χ2v) is 6.51. The van der Waals surface area contributed by atoms with Crippen molar-refractivity contribution in [3.05, 3.63) is 95.3 Å². The van der Waals surface area contributed by atoms with Crippen LogP contribution in [0.25, 0.3) is 0 Å². The zero-order valence-electron chi connectivity index (χ0n) is 16.4. The van der Waals surface area contributed by atoms with Crippen molar-refractivity contribution in [2.75, 3.05) is 13.1 Å². The third-order valence-corrected chi connectivity index (χ3v) is 4.31. The van der Waals surface area contributed by atoms with E-state index in [0.29, 0.717) is 22.6 Å². The summed E-state index contributed by atoms with van der Waals surface area (Å²) >= 11 is 0. The van der Waals surface area contributed by atoms with E-state index in [0.717, 1.165) is 0 Å². The van der Waals surface area contributed by atoms with Crippen LogP contribution in [0.5, 0.6) is 11.5 Å². The number of carbonyl (C=O) groups is 3. The molecule has 0 fully saturated rings. The van der Waals surface area contributed by atoms with Gasteiger partial charge in [-0.15, -0.1) is 0 Å². The van der Waals surface area contributed by atoms with Crippen LogP contribution in [0.15, 0.2) is 72.8 Å². The SMILES string of the molecule is NC(=O)c1ccc(Oc2ccc(C(=O)NCCNC(=O)c3ccccc3F)cc2)cc1. The van der Waals surface area contributed by atoms with E-state index in [2.05, 4.69) is 10.6 Å². The zero-order valence-corrected chi connectivity index (χ0v) is 16.4. The molecule has 3 rings (SSSR count). The highest BCUT2D eigenvalue weighted by molar-refractivity contribution is 5.95. The van der Waals surface area contributed by atoms with E-state index in [1.807, 2.05) is 0 Å². The number of primary amides is 1. The summed E-state index contributed by atoms with van der Waals surface area (Å²) in [6.45, 7) is 0.338. The van der Waals surface area contributed by atoms with Crippen molar-refractivity contribution in [3.8, 4) is 11.5 Å². The number of halogens is 1. The van der Waals surface area contributed by atoms with Gasteiger partial charge in [-0.25, -0.2) is 4.39 Å². The fraction of sp³-hybridized carbons (Fsp3) is 0.0870. The maximum atomic E-state index is 13.6. The van der Waals surface area contributed by atoms with Gasteiger partial charge in [0.1, 0.15) is 17.3 Å². The Morgan fingerprint density at radius 3 is 1.81 bits per heavy atom. The molecule has 0 spiro atoms. The summed E-state index contributed by atoms with van der Waals surface area (Å²) in [7, 11) is 0. The van der Waals surface area contributed by atoms with Crippen molar-refractivity contribution in [1.82, 2.24) is 10.6 Å². The van der Waals surface area contributed by atoms with Gasteiger partial charge in [-0.1, -0.05) is 12.1 Å². The molecule has 0 aliphatic heterocycles. The molecule has 158 valence electrons. The quantitative estimate of drug-likeness (QED) is 0.486. The average Bonchev–Trinajstić information content (AvgIpc) is 2.77. The Kier molecular flexibility index (Phi) is 6.95. The van der Waals surface area contributed by atoms with Gasteiger partial charge in [-0.2, -0.15) is 0 Å². The molecule has 0 heterocycles. The number of hydrogen-bond donors (Lipinski definition) is 3. The Morgan fingerprint density at radius 2 is 1.26 bits per heavy atom.